The molecule has 1 fully saturated rings. The van der Waals surface area contributed by atoms with E-state index in [0.717, 1.165) is 17.3 Å². The molecule has 0 amide bonds. The van der Waals surface area contributed by atoms with Crippen molar-refractivity contribution in [1.82, 2.24) is 9.97 Å². The van der Waals surface area contributed by atoms with E-state index in [-0.39, 0.29) is 0 Å². The average Bonchev–Trinajstić information content (AvgIpc) is 2.72. The van der Waals surface area contributed by atoms with E-state index in [2.05, 4.69) is 9.97 Å². The Morgan fingerprint density at radius 3 is 3.00 bits per heavy atom. The van der Waals surface area contributed by atoms with Crippen molar-refractivity contribution >= 4 is 11.3 Å². The summed E-state index contributed by atoms with van der Waals surface area (Å²) < 4.78 is 5.37. The van der Waals surface area contributed by atoms with Crippen LogP contribution < -0.4 is 0 Å². The van der Waals surface area contributed by atoms with Gasteiger partial charge in [-0.05, 0) is 12.8 Å². The molecule has 3 rings (SSSR count). The minimum atomic E-state index is 0.576. The number of aromatic nitrogens is 2. The Hall–Kier alpha value is -1.16. The van der Waals surface area contributed by atoms with Gasteiger partial charge in [-0.1, -0.05) is 0 Å². The molecule has 13 heavy (non-hydrogen) atoms. The van der Waals surface area contributed by atoms with Crippen molar-refractivity contribution in [3.8, 4) is 11.4 Å². The second kappa shape index (κ2) is 2.67. The van der Waals surface area contributed by atoms with E-state index in [4.69, 9.17) is 4.42 Å². The predicted octanol–water partition coefficient (Wildman–Crippen LogP) is 2.68. The highest BCUT2D eigenvalue weighted by Crippen LogP contribution is 2.40. The van der Waals surface area contributed by atoms with Crippen LogP contribution in [-0.2, 0) is 0 Å². The first-order valence-electron chi connectivity index (χ1n) is 4.27. The maximum Gasteiger partial charge on any atom is 0.197 e. The van der Waals surface area contributed by atoms with Crippen molar-refractivity contribution in [2.24, 2.45) is 0 Å². The van der Waals surface area contributed by atoms with Gasteiger partial charge in [-0.3, -0.25) is 0 Å². The lowest BCUT2D eigenvalue weighted by molar-refractivity contribution is 0.497. The lowest BCUT2D eigenvalue weighted by atomic mass is 10.4. The third-order valence-corrected chi connectivity index (χ3v) is 2.73. The fourth-order valence-corrected chi connectivity index (χ4v) is 1.81. The van der Waals surface area contributed by atoms with Crippen LogP contribution in [0.3, 0.4) is 0 Å². The summed E-state index contributed by atoms with van der Waals surface area (Å²) in [5, 5.41) is 1.98. The molecule has 66 valence electrons. The van der Waals surface area contributed by atoms with Crippen molar-refractivity contribution < 1.29 is 4.42 Å². The Balaban J connectivity index is 1.97. The summed E-state index contributed by atoms with van der Waals surface area (Å²) in [6.45, 7) is 0. The summed E-state index contributed by atoms with van der Waals surface area (Å²) in [5.41, 5.74) is 3.59. The molecule has 1 aliphatic rings. The van der Waals surface area contributed by atoms with Crippen molar-refractivity contribution in [2.45, 2.75) is 18.8 Å². The van der Waals surface area contributed by atoms with Gasteiger partial charge in [0.2, 0.25) is 0 Å². The minimum absolute atomic E-state index is 0.576. The normalized spacial score (nSPS) is 16.3. The van der Waals surface area contributed by atoms with E-state index in [1.54, 1.807) is 23.1 Å². The second-order valence-electron chi connectivity index (χ2n) is 3.22. The number of nitrogens with zero attached hydrogens (tertiary/aromatic N) is 2. The molecule has 0 N–H and O–H groups in total. The van der Waals surface area contributed by atoms with Gasteiger partial charge in [-0.15, -0.1) is 11.3 Å². The first kappa shape index (κ1) is 7.26. The molecule has 2 aromatic rings. The largest absolute Gasteiger partial charge is 0.448 e. The van der Waals surface area contributed by atoms with Crippen LogP contribution in [0.4, 0.5) is 0 Å². The summed E-state index contributed by atoms with van der Waals surface area (Å²) in [7, 11) is 0. The molecule has 2 aromatic heterocycles. The fraction of sp³-hybridized carbons (Fsp3) is 0.333. The SMILES string of the molecule is c1nc(-c2coc(C3CC3)n2)cs1. The van der Waals surface area contributed by atoms with Gasteiger partial charge < -0.3 is 4.42 Å². The van der Waals surface area contributed by atoms with Crippen LogP contribution in [-0.4, -0.2) is 9.97 Å². The highest BCUT2D eigenvalue weighted by Gasteiger charge is 2.28. The van der Waals surface area contributed by atoms with Crippen molar-refractivity contribution in [2.75, 3.05) is 0 Å². The van der Waals surface area contributed by atoms with Gasteiger partial charge >= 0.3 is 0 Å². The van der Waals surface area contributed by atoms with Gasteiger partial charge in [0.25, 0.3) is 0 Å². The van der Waals surface area contributed by atoms with Crippen molar-refractivity contribution in [1.29, 1.82) is 0 Å². The standard InChI is InChI=1S/C9H8N2OS/c1-2-6(1)9-11-7(3-12-9)8-4-13-5-10-8/h3-6H,1-2H2. The zero-order valence-corrected chi connectivity index (χ0v) is 7.75. The maximum absolute atomic E-state index is 5.37. The third kappa shape index (κ3) is 1.27. The smallest absolute Gasteiger partial charge is 0.197 e. The Morgan fingerprint density at radius 2 is 2.31 bits per heavy atom. The van der Waals surface area contributed by atoms with Crippen molar-refractivity contribution in [3.05, 3.63) is 23.0 Å². The van der Waals surface area contributed by atoms with E-state index in [1.165, 1.54) is 12.8 Å². The van der Waals surface area contributed by atoms with Crippen LogP contribution in [0.2, 0.25) is 0 Å². The molecule has 0 spiro atoms. The Labute approximate surface area is 79.5 Å². The van der Waals surface area contributed by atoms with Crippen LogP contribution in [0, 0.1) is 0 Å². The van der Waals surface area contributed by atoms with E-state index in [9.17, 15) is 0 Å². The molecule has 0 bridgehead atoms. The highest BCUT2D eigenvalue weighted by atomic mass is 32.1. The summed E-state index contributed by atoms with van der Waals surface area (Å²) >= 11 is 1.57. The molecule has 0 radical (unpaired) electrons. The van der Waals surface area contributed by atoms with Crippen LogP contribution in [0.5, 0.6) is 0 Å². The molecule has 4 heteroatoms. The van der Waals surface area contributed by atoms with E-state index in [1.807, 2.05) is 5.38 Å². The third-order valence-electron chi connectivity index (χ3n) is 2.14. The van der Waals surface area contributed by atoms with Gasteiger partial charge in [0.15, 0.2) is 5.89 Å². The monoisotopic (exact) mass is 192 g/mol. The zero-order chi connectivity index (χ0) is 8.67. The topological polar surface area (TPSA) is 38.9 Å². The number of hydrogen-bond donors (Lipinski definition) is 0. The zero-order valence-electron chi connectivity index (χ0n) is 6.93. The van der Waals surface area contributed by atoms with Gasteiger partial charge in [0, 0.05) is 11.3 Å². The molecule has 0 unspecified atom stereocenters. The minimum Gasteiger partial charge on any atom is -0.448 e. The predicted molar refractivity (Wildman–Crippen MR) is 49.6 cm³/mol. The van der Waals surface area contributed by atoms with Gasteiger partial charge in [-0.2, -0.15) is 0 Å². The molecule has 1 aliphatic carbocycles. The molecule has 0 atom stereocenters. The lowest BCUT2D eigenvalue weighted by Gasteiger charge is -1.84. The number of hydrogen-bond acceptors (Lipinski definition) is 4. The maximum atomic E-state index is 5.37. The first-order chi connectivity index (χ1) is 6.43. The van der Waals surface area contributed by atoms with Crippen LogP contribution in [0.15, 0.2) is 21.6 Å². The van der Waals surface area contributed by atoms with Crippen LogP contribution >= 0.6 is 11.3 Å². The molecule has 0 aliphatic heterocycles. The van der Waals surface area contributed by atoms with Gasteiger partial charge in [0.1, 0.15) is 17.7 Å². The molecular formula is C9H8N2OS. The lowest BCUT2D eigenvalue weighted by Crippen LogP contribution is -1.79. The summed E-state index contributed by atoms with van der Waals surface area (Å²) in [5.74, 6) is 1.45. The van der Waals surface area contributed by atoms with Gasteiger partial charge in [-0.25, -0.2) is 9.97 Å². The second-order valence-corrected chi connectivity index (χ2v) is 3.94. The molecule has 2 heterocycles. The van der Waals surface area contributed by atoms with Crippen LogP contribution in [0.25, 0.3) is 11.4 Å². The molecule has 1 saturated carbocycles. The van der Waals surface area contributed by atoms with E-state index < -0.39 is 0 Å². The van der Waals surface area contributed by atoms with Crippen molar-refractivity contribution in [3.63, 3.8) is 0 Å². The number of oxazole rings is 1. The molecule has 0 aromatic carbocycles. The highest BCUT2D eigenvalue weighted by molar-refractivity contribution is 7.07. The fourth-order valence-electron chi connectivity index (χ4n) is 1.26. The quantitative estimate of drug-likeness (QED) is 0.734. The first-order valence-corrected chi connectivity index (χ1v) is 5.22. The Bertz CT molecular complexity index is 403. The number of thiazole rings is 1. The van der Waals surface area contributed by atoms with Gasteiger partial charge in [0.05, 0.1) is 5.51 Å². The Kier molecular flexibility index (Phi) is 1.49. The van der Waals surface area contributed by atoms with E-state index in [0.29, 0.717) is 5.92 Å². The number of rotatable bonds is 2. The Morgan fingerprint density at radius 1 is 1.38 bits per heavy atom. The van der Waals surface area contributed by atoms with Crippen LogP contribution in [0.1, 0.15) is 24.7 Å². The van der Waals surface area contributed by atoms with E-state index >= 15 is 0 Å². The molecule has 3 nitrogen and oxygen atoms in total. The average molecular weight is 192 g/mol. The molecular weight excluding hydrogens is 184 g/mol. The summed E-state index contributed by atoms with van der Waals surface area (Å²) in [6, 6.07) is 0. The molecule has 0 saturated heterocycles. The summed E-state index contributed by atoms with van der Waals surface area (Å²) in [4.78, 5) is 8.57. The summed E-state index contributed by atoms with van der Waals surface area (Å²) in [6.07, 6.45) is 4.14.